The zero-order valence-electron chi connectivity index (χ0n) is 18.6. The van der Waals surface area contributed by atoms with Gasteiger partial charge < -0.3 is 26.0 Å². The van der Waals surface area contributed by atoms with Gasteiger partial charge in [0.2, 0.25) is 0 Å². The summed E-state index contributed by atoms with van der Waals surface area (Å²) in [5.74, 6) is 0.244. The number of primary amides is 1. The smallest absolute Gasteiger partial charge is 0.410 e. The number of thiophene rings is 2. The first-order chi connectivity index (χ1) is 15.0. The van der Waals surface area contributed by atoms with Gasteiger partial charge in [0.25, 0.3) is 5.91 Å². The summed E-state index contributed by atoms with van der Waals surface area (Å²) in [4.78, 5) is 35.1. The monoisotopic (exact) mass is 473 g/mol. The van der Waals surface area contributed by atoms with Crippen LogP contribution in [0.4, 0.5) is 16.3 Å². The molecule has 0 aliphatic carbocycles. The predicted molar refractivity (Wildman–Crippen MR) is 131 cm³/mol. The first-order valence-electron chi connectivity index (χ1n) is 10.4. The molecule has 0 spiro atoms. The number of anilines is 2. The minimum Gasteiger partial charge on any atom is -0.444 e. The van der Waals surface area contributed by atoms with Crippen molar-refractivity contribution >= 4 is 56.4 Å². The molecule has 4 heterocycles. The number of hydrogen-bond acceptors (Lipinski definition) is 8. The minimum absolute atomic E-state index is 0.299. The second kappa shape index (κ2) is 8.25. The Kier molecular flexibility index (Phi) is 5.76. The Hall–Kier alpha value is -2.85. The van der Waals surface area contributed by atoms with Crippen molar-refractivity contribution in [3.63, 3.8) is 0 Å². The van der Waals surface area contributed by atoms with E-state index in [1.54, 1.807) is 16.2 Å². The lowest BCUT2D eigenvalue weighted by atomic mass is 10.1. The largest absolute Gasteiger partial charge is 0.444 e. The molecule has 2 amide bonds. The second-order valence-electron chi connectivity index (χ2n) is 8.80. The van der Waals surface area contributed by atoms with Gasteiger partial charge in [-0.1, -0.05) is 0 Å². The third kappa shape index (κ3) is 4.24. The summed E-state index contributed by atoms with van der Waals surface area (Å²) in [6.45, 7) is 9.98. The molecule has 3 aromatic rings. The highest BCUT2D eigenvalue weighted by Crippen LogP contribution is 2.43. The summed E-state index contributed by atoms with van der Waals surface area (Å²) in [5.41, 5.74) is 13.8. The summed E-state index contributed by atoms with van der Waals surface area (Å²) in [6.07, 6.45) is -0.299. The van der Waals surface area contributed by atoms with Crippen LogP contribution in [-0.2, 0) is 4.74 Å². The second-order valence-corrected chi connectivity index (χ2v) is 10.7. The van der Waals surface area contributed by atoms with E-state index in [0.717, 1.165) is 27.2 Å². The quantitative estimate of drug-likeness (QED) is 0.593. The van der Waals surface area contributed by atoms with Gasteiger partial charge in [0, 0.05) is 42.0 Å². The van der Waals surface area contributed by atoms with E-state index in [1.807, 2.05) is 32.2 Å². The highest BCUT2D eigenvalue weighted by molar-refractivity contribution is 7.21. The van der Waals surface area contributed by atoms with Crippen molar-refractivity contribution < 1.29 is 14.3 Å². The van der Waals surface area contributed by atoms with Gasteiger partial charge in [0.05, 0.1) is 5.69 Å². The Labute approximate surface area is 194 Å². The number of ether oxygens (including phenoxy) is 1. The fourth-order valence-corrected chi connectivity index (χ4v) is 5.64. The molecule has 1 aliphatic rings. The van der Waals surface area contributed by atoms with Gasteiger partial charge in [-0.05, 0) is 50.8 Å². The summed E-state index contributed by atoms with van der Waals surface area (Å²) in [5, 5.41) is 2.80. The molecule has 170 valence electrons. The number of hydrogen-bond donors (Lipinski definition) is 2. The maximum Gasteiger partial charge on any atom is 0.410 e. The number of piperazine rings is 1. The Bertz CT molecular complexity index is 1190. The van der Waals surface area contributed by atoms with E-state index in [0.29, 0.717) is 41.6 Å². The van der Waals surface area contributed by atoms with Gasteiger partial charge >= 0.3 is 6.09 Å². The fourth-order valence-electron chi connectivity index (χ4n) is 3.73. The molecule has 0 aromatic carbocycles. The molecule has 10 heteroatoms. The zero-order chi connectivity index (χ0) is 23.2. The predicted octanol–water partition coefficient (Wildman–Crippen LogP) is 4.07. The molecule has 4 rings (SSSR count). The van der Waals surface area contributed by atoms with Crippen LogP contribution in [0.3, 0.4) is 0 Å². The number of nitrogen functional groups attached to an aromatic ring is 1. The molecule has 0 saturated carbocycles. The van der Waals surface area contributed by atoms with Crippen LogP contribution in [0.15, 0.2) is 17.5 Å². The maximum absolute atomic E-state index is 12.4. The molecule has 3 aromatic heterocycles. The van der Waals surface area contributed by atoms with Gasteiger partial charge in [-0.15, -0.1) is 22.7 Å². The Morgan fingerprint density at radius 2 is 1.88 bits per heavy atom. The van der Waals surface area contributed by atoms with Crippen molar-refractivity contribution in [1.82, 2.24) is 9.88 Å². The van der Waals surface area contributed by atoms with Crippen molar-refractivity contribution in [2.45, 2.75) is 33.3 Å². The fraction of sp³-hybridized carbons (Fsp3) is 0.409. The van der Waals surface area contributed by atoms with Crippen molar-refractivity contribution in [2.75, 3.05) is 36.8 Å². The molecule has 0 unspecified atom stereocenters. The van der Waals surface area contributed by atoms with E-state index in [-0.39, 0.29) is 6.09 Å². The van der Waals surface area contributed by atoms with Crippen molar-refractivity contribution in [3.05, 3.63) is 28.0 Å². The summed E-state index contributed by atoms with van der Waals surface area (Å²) < 4.78 is 5.49. The molecular weight excluding hydrogens is 446 g/mol. The number of carbonyl (C=O) groups excluding carboxylic acids is 2. The van der Waals surface area contributed by atoms with Crippen LogP contribution in [-0.4, -0.2) is 53.7 Å². The standard InChI is InChI=1S/C22H27N5O3S2/c1-12-5-10-31-17(12)13-11-14(25-20-15(13)16(23)18(32-20)19(24)28)26-6-8-27(9-7-26)21(29)30-22(2,3)4/h5,10-11H,6-9,23H2,1-4H3,(H2,24,28). The maximum atomic E-state index is 12.4. The topological polar surface area (TPSA) is 115 Å². The van der Waals surface area contributed by atoms with Crippen LogP contribution in [0.5, 0.6) is 0 Å². The number of nitrogens with two attached hydrogens (primary N) is 2. The van der Waals surface area contributed by atoms with Crippen molar-refractivity contribution in [3.8, 4) is 10.4 Å². The zero-order valence-corrected chi connectivity index (χ0v) is 20.2. The lowest BCUT2D eigenvalue weighted by molar-refractivity contribution is 0.0240. The van der Waals surface area contributed by atoms with Crippen LogP contribution in [0, 0.1) is 6.92 Å². The first-order valence-corrected chi connectivity index (χ1v) is 12.0. The molecule has 4 N–H and O–H groups in total. The number of pyridine rings is 1. The molecule has 0 atom stereocenters. The van der Waals surface area contributed by atoms with E-state index in [2.05, 4.69) is 17.9 Å². The summed E-state index contributed by atoms with van der Waals surface area (Å²) >= 11 is 2.85. The molecular formula is C22H27N5O3S2. The molecule has 0 radical (unpaired) electrons. The number of aryl methyl sites for hydroxylation is 1. The average Bonchev–Trinajstić information content (AvgIpc) is 3.29. The van der Waals surface area contributed by atoms with Crippen molar-refractivity contribution in [1.29, 1.82) is 0 Å². The molecule has 1 fully saturated rings. The number of fused-ring (bicyclic) bond motifs is 1. The summed E-state index contributed by atoms with van der Waals surface area (Å²) in [6, 6.07) is 4.08. The SMILES string of the molecule is Cc1ccsc1-c1cc(N2CCN(C(=O)OC(C)(C)C)CC2)nc2sc(C(N)=O)c(N)c12. The van der Waals surface area contributed by atoms with Crippen LogP contribution in [0.25, 0.3) is 20.7 Å². The molecule has 1 aliphatic heterocycles. The number of nitrogens with zero attached hydrogens (tertiary/aromatic N) is 3. The summed E-state index contributed by atoms with van der Waals surface area (Å²) in [7, 11) is 0. The molecule has 1 saturated heterocycles. The number of aromatic nitrogens is 1. The number of carbonyl (C=O) groups is 2. The van der Waals surface area contributed by atoms with Crippen molar-refractivity contribution in [2.24, 2.45) is 5.73 Å². The average molecular weight is 474 g/mol. The minimum atomic E-state index is -0.549. The van der Waals surface area contributed by atoms with E-state index < -0.39 is 11.5 Å². The van der Waals surface area contributed by atoms with E-state index in [4.69, 9.17) is 21.2 Å². The van der Waals surface area contributed by atoms with E-state index >= 15 is 0 Å². The lowest BCUT2D eigenvalue weighted by Gasteiger charge is -2.36. The normalized spacial score (nSPS) is 14.8. The Morgan fingerprint density at radius 1 is 1.19 bits per heavy atom. The van der Waals surface area contributed by atoms with Crippen LogP contribution >= 0.6 is 22.7 Å². The van der Waals surface area contributed by atoms with Gasteiger partial charge in [0.1, 0.15) is 21.1 Å². The van der Waals surface area contributed by atoms with Crippen LogP contribution in [0.1, 0.15) is 36.0 Å². The van der Waals surface area contributed by atoms with Crippen LogP contribution in [0.2, 0.25) is 0 Å². The molecule has 32 heavy (non-hydrogen) atoms. The van der Waals surface area contributed by atoms with Gasteiger partial charge in [0.15, 0.2) is 0 Å². The molecule has 8 nitrogen and oxygen atoms in total. The molecule has 0 bridgehead atoms. The van der Waals surface area contributed by atoms with E-state index in [9.17, 15) is 9.59 Å². The van der Waals surface area contributed by atoms with Crippen LogP contribution < -0.4 is 16.4 Å². The van der Waals surface area contributed by atoms with Gasteiger partial charge in [-0.2, -0.15) is 0 Å². The third-order valence-electron chi connectivity index (χ3n) is 5.27. The third-order valence-corrected chi connectivity index (χ3v) is 7.44. The van der Waals surface area contributed by atoms with Gasteiger partial charge in [-0.25, -0.2) is 9.78 Å². The first kappa shape index (κ1) is 22.3. The van der Waals surface area contributed by atoms with E-state index in [1.165, 1.54) is 11.3 Å². The highest BCUT2D eigenvalue weighted by Gasteiger charge is 2.28. The Balaban J connectivity index is 1.68. The Morgan fingerprint density at radius 3 is 2.44 bits per heavy atom. The number of rotatable bonds is 3. The highest BCUT2D eigenvalue weighted by atomic mass is 32.1. The van der Waals surface area contributed by atoms with Gasteiger partial charge in [-0.3, -0.25) is 4.79 Å². The lowest BCUT2D eigenvalue weighted by Crippen LogP contribution is -2.50. The number of amides is 2.